The number of carboxylic acid groups (broad SMARTS) is 1. The van der Waals surface area contributed by atoms with Crippen LogP contribution in [0.25, 0.3) is 0 Å². The van der Waals surface area contributed by atoms with Gasteiger partial charge in [0.15, 0.2) is 0 Å². The summed E-state index contributed by atoms with van der Waals surface area (Å²) in [5.74, 6) is -4.33. The van der Waals surface area contributed by atoms with Gasteiger partial charge in [0, 0.05) is 0 Å². The Bertz CT molecular complexity index is 601. The molecule has 1 aromatic carbocycles. The van der Waals surface area contributed by atoms with E-state index in [2.05, 4.69) is 9.78 Å². The zero-order chi connectivity index (χ0) is 15.2. The van der Waals surface area contributed by atoms with Crippen LogP contribution in [0.15, 0.2) is 24.3 Å². The Balaban J connectivity index is 2.01. The molecule has 2 aliphatic rings. The molecule has 0 bridgehead atoms. The molecule has 1 N–H and O–H groups in total. The average Bonchev–Trinajstić information content (AvgIpc) is 3.23. The van der Waals surface area contributed by atoms with Gasteiger partial charge in [-0.3, -0.25) is 14.5 Å². The first-order valence-corrected chi connectivity index (χ1v) is 6.60. The number of benzene rings is 1. The highest BCUT2D eigenvalue weighted by Crippen LogP contribution is 2.41. The van der Waals surface area contributed by atoms with E-state index in [1.165, 1.54) is 0 Å². The molecule has 0 aliphatic carbocycles. The van der Waals surface area contributed by atoms with Crippen molar-refractivity contribution in [3.63, 3.8) is 0 Å². The number of carboxylic acids is 1. The zero-order valence-electron chi connectivity index (χ0n) is 11.2. The Morgan fingerprint density at radius 2 is 1.76 bits per heavy atom. The Kier molecular flexibility index (Phi) is 3.03. The molecule has 21 heavy (non-hydrogen) atoms. The van der Waals surface area contributed by atoms with Gasteiger partial charge in [0.1, 0.15) is 6.04 Å². The minimum absolute atomic E-state index is 0.268. The molecule has 7 nitrogen and oxygen atoms in total. The fraction of sp³-hybridized carbons (Fsp3) is 0.357. The van der Waals surface area contributed by atoms with Crippen molar-refractivity contribution in [2.24, 2.45) is 0 Å². The summed E-state index contributed by atoms with van der Waals surface area (Å²) < 4.78 is 0. The van der Waals surface area contributed by atoms with Crippen molar-refractivity contribution in [2.45, 2.75) is 31.6 Å². The lowest BCUT2D eigenvalue weighted by Crippen LogP contribution is -2.52. The maximum atomic E-state index is 12.4. The van der Waals surface area contributed by atoms with Gasteiger partial charge in [0.05, 0.1) is 11.1 Å². The Hall–Kier alpha value is -2.25. The van der Waals surface area contributed by atoms with E-state index >= 15 is 0 Å². The average molecular weight is 291 g/mol. The summed E-state index contributed by atoms with van der Waals surface area (Å²) in [6, 6.07) is 5.40. The van der Waals surface area contributed by atoms with Crippen LogP contribution in [0.1, 0.15) is 40.5 Å². The highest BCUT2D eigenvalue weighted by atomic mass is 17.4. The molecule has 2 heterocycles. The number of amides is 2. The molecule has 0 radical (unpaired) electrons. The normalized spacial score (nSPS) is 20.3. The molecule has 0 spiro atoms. The highest BCUT2D eigenvalue weighted by molar-refractivity contribution is 6.21. The van der Waals surface area contributed by atoms with Crippen molar-refractivity contribution in [1.29, 1.82) is 0 Å². The quantitative estimate of drug-likeness (QED) is 0.497. The van der Waals surface area contributed by atoms with Crippen LogP contribution in [0.4, 0.5) is 0 Å². The molecule has 0 unspecified atom stereocenters. The fourth-order valence-electron chi connectivity index (χ4n) is 2.62. The van der Waals surface area contributed by atoms with Gasteiger partial charge in [-0.05, 0) is 18.6 Å². The molecular formula is C14H13NO6. The lowest BCUT2D eigenvalue weighted by molar-refractivity contribution is -0.146. The first-order valence-electron chi connectivity index (χ1n) is 6.60. The number of aliphatic carboxylic acids is 1. The van der Waals surface area contributed by atoms with E-state index in [-0.39, 0.29) is 17.5 Å². The molecule has 3 rings (SSSR count). The van der Waals surface area contributed by atoms with Crippen molar-refractivity contribution in [2.75, 3.05) is 0 Å². The van der Waals surface area contributed by atoms with Gasteiger partial charge in [-0.2, -0.15) is 9.78 Å². The minimum atomic E-state index is -1.94. The summed E-state index contributed by atoms with van der Waals surface area (Å²) in [6.45, 7) is 1.82. The maximum Gasteiger partial charge on any atom is 0.372 e. The number of fused-ring (bicyclic) bond motifs is 1. The van der Waals surface area contributed by atoms with Crippen LogP contribution in [-0.4, -0.2) is 39.6 Å². The third-order valence-electron chi connectivity index (χ3n) is 3.70. The van der Waals surface area contributed by atoms with Gasteiger partial charge in [0.25, 0.3) is 11.8 Å². The molecule has 7 heteroatoms. The Labute approximate surface area is 120 Å². The molecular weight excluding hydrogens is 278 g/mol. The number of hydrogen-bond donors (Lipinski definition) is 1. The summed E-state index contributed by atoms with van der Waals surface area (Å²) in [5.41, 5.74) is 0.537. The molecule has 2 amide bonds. The Morgan fingerprint density at radius 3 is 2.14 bits per heavy atom. The van der Waals surface area contributed by atoms with E-state index in [1.807, 2.05) is 6.92 Å². The van der Waals surface area contributed by atoms with E-state index in [0.29, 0.717) is 6.42 Å². The molecule has 0 saturated carbocycles. The van der Waals surface area contributed by atoms with Crippen molar-refractivity contribution in [3.05, 3.63) is 35.4 Å². The predicted octanol–water partition coefficient (Wildman–Crippen LogP) is 1.19. The van der Waals surface area contributed by atoms with Crippen molar-refractivity contribution in [3.8, 4) is 0 Å². The minimum Gasteiger partial charge on any atom is -0.477 e. The number of nitrogens with zero attached hydrogens (tertiary/aromatic N) is 1. The highest BCUT2D eigenvalue weighted by Gasteiger charge is 2.67. The summed E-state index contributed by atoms with van der Waals surface area (Å²) in [7, 11) is 0. The molecule has 1 atom stereocenters. The van der Waals surface area contributed by atoms with Gasteiger partial charge in [-0.15, -0.1) is 0 Å². The number of rotatable bonds is 5. The lowest BCUT2D eigenvalue weighted by Gasteiger charge is -2.26. The van der Waals surface area contributed by atoms with E-state index in [9.17, 15) is 19.5 Å². The fourth-order valence-corrected chi connectivity index (χ4v) is 2.62. The van der Waals surface area contributed by atoms with Crippen LogP contribution in [0.2, 0.25) is 0 Å². The van der Waals surface area contributed by atoms with Gasteiger partial charge in [-0.25, -0.2) is 4.79 Å². The summed E-state index contributed by atoms with van der Waals surface area (Å²) >= 11 is 0. The van der Waals surface area contributed by atoms with Crippen molar-refractivity contribution >= 4 is 17.8 Å². The van der Waals surface area contributed by atoms with E-state index in [4.69, 9.17) is 0 Å². The number of hydrogen-bond acceptors (Lipinski definition) is 5. The monoisotopic (exact) mass is 291 g/mol. The molecule has 1 fully saturated rings. The predicted molar refractivity (Wildman–Crippen MR) is 68.2 cm³/mol. The topological polar surface area (TPSA) is 99.7 Å². The Morgan fingerprint density at radius 1 is 1.24 bits per heavy atom. The lowest BCUT2D eigenvalue weighted by atomic mass is 10.0. The SMILES string of the molecule is CCC[C@H](N1C(=O)c2ccccc2C1=O)C1(C(=O)O)OO1. The standard InChI is InChI=1S/C14H13NO6/c1-2-5-10(14(13(18)19)20-21-14)15-11(16)8-6-3-4-7-9(8)12(15)17/h3-4,6-7,10H,2,5H2,1H3,(H,18,19)/t10-/m0/s1. The smallest absolute Gasteiger partial charge is 0.372 e. The van der Waals surface area contributed by atoms with E-state index in [0.717, 1.165) is 4.90 Å². The van der Waals surface area contributed by atoms with Crippen LogP contribution in [-0.2, 0) is 14.6 Å². The molecule has 110 valence electrons. The van der Waals surface area contributed by atoms with Crippen LogP contribution in [0, 0.1) is 0 Å². The summed E-state index contributed by atoms with van der Waals surface area (Å²) in [6.07, 6.45) is 0.845. The second-order valence-electron chi connectivity index (χ2n) is 4.97. The number of carbonyl (C=O) groups excluding carboxylic acids is 2. The van der Waals surface area contributed by atoms with Gasteiger partial charge in [0.2, 0.25) is 0 Å². The van der Waals surface area contributed by atoms with E-state index < -0.39 is 29.6 Å². The maximum absolute atomic E-state index is 12.4. The second-order valence-corrected chi connectivity index (χ2v) is 4.97. The molecule has 1 saturated heterocycles. The molecule has 0 aromatic heterocycles. The zero-order valence-corrected chi connectivity index (χ0v) is 11.2. The number of imide groups is 1. The van der Waals surface area contributed by atoms with Crippen LogP contribution < -0.4 is 0 Å². The van der Waals surface area contributed by atoms with Crippen LogP contribution in [0.5, 0.6) is 0 Å². The largest absolute Gasteiger partial charge is 0.477 e. The summed E-state index contributed by atoms with van der Waals surface area (Å²) in [5, 5.41) is 9.25. The summed E-state index contributed by atoms with van der Waals surface area (Å²) in [4.78, 5) is 46.4. The van der Waals surface area contributed by atoms with Gasteiger partial charge in [-0.1, -0.05) is 25.5 Å². The van der Waals surface area contributed by atoms with Gasteiger partial charge >= 0.3 is 11.8 Å². The first-order chi connectivity index (χ1) is 10.0. The van der Waals surface area contributed by atoms with Gasteiger partial charge < -0.3 is 5.11 Å². The third-order valence-corrected chi connectivity index (χ3v) is 3.70. The molecule has 1 aromatic rings. The number of carbonyl (C=O) groups is 3. The first kappa shape index (κ1) is 13.7. The third kappa shape index (κ3) is 1.85. The van der Waals surface area contributed by atoms with Crippen LogP contribution in [0.3, 0.4) is 0 Å². The van der Waals surface area contributed by atoms with Crippen LogP contribution >= 0.6 is 0 Å². The van der Waals surface area contributed by atoms with Crippen molar-refractivity contribution < 1.29 is 29.3 Å². The molecule has 2 aliphatic heterocycles. The second kappa shape index (κ2) is 4.64. The van der Waals surface area contributed by atoms with Crippen molar-refractivity contribution in [1.82, 2.24) is 4.90 Å². The van der Waals surface area contributed by atoms with E-state index in [1.54, 1.807) is 24.3 Å².